The first-order chi connectivity index (χ1) is 14.5. The molecule has 0 aromatic heterocycles. The molecule has 30 heavy (non-hydrogen) atoms. The van der Waals surface area contributed by atoms with E-state index in [0.717, 1.165) is 23.2 Å². The molecule has 2 N–H and O–H groups in total. The molecule has 166 valence electrons. The molecule has 0 bridgehead atoms. The molecule has 3 aliphatic rings. The van der Waals surface area contributed by atoms with Gasteiger partial charge in [0.05, 0.1) is 0 Å². The molecule has 0 heterocycles. The van der Waals surface area contributed by atoms with Crippen LogP contribution in [0.25, 0.3) is 0 Å². The summed E-state index contributed by atoms with van der Waals surface area (Å²) in [6.07, 6.45) is 14.8. The van der Waals surface area contributed by atoms with Gasteiger partial charge in [0, 0.05) is 31.5 Å². The van der Waals surface area contributed by atoms with Crippen LogP contribution in [0, 0.1) is 23.2 Å². The van der Waals surface area contributed by atoms with Crippen LogP contribution in [0.5, 0.6) is 0 Å². The molecule has 3 saturated carbocycles. The fourth-order valence-electron chi connectivity index (χ4n) is 6.89. The summed E-state index contributed by atoms with van der Waals surface area (Å²) in [6.45, 7) is 2.50. The van der Waals surface area contributed by atoms with Crippen molar-refractivity contribution in [2.45, 2.75) is 83.6 Å². The molecule has 3 atom stereocenters. The lowest BCUT2D eigenvalue weighted by Crippen LogP contribution is -2.57. The Morgan fingerprint density at radius 2 is 1.57 bits per heavy atom. The summed E-state index contributed by atoms with van der Waals surface area (Å²) in [5.74, 6) is 2.22. The van der Waals surface area contributed by atoms with E-state index in [0.29, 0.717) is 12.0 Å². The van der Waals surface area contributed by atoms with Crippen LogP contribution in [0.15, 0.2) is 24.3 Å². The van der Waals surface area contributed by atoms with E-state index in [-0.39, 0.29) is 11.4 Å². The third-order valence-electron chi connectivity index (χ3n) is 8.61. The van der Waals surface area contributed by atoms with Crippen molar-refractivity contribution in [2.75, 3.05) is 24.3 Å². The first kappa shape index (κ1) is 21.5. The standard InChI is InChI=1S/C26H41N3O/c1-26(20-11-6-7-12-20)18-8-13-23(19-9-4-5-10-19)24(26)28-25(30)27-21-14-16-22(17-15-21)29(2)3/h14-17,19-20,23-24H,4-13,18H2,1-3H3,(H2,27,28,30)/t23-,24-,26?/m0/s1. The number of benzene rings is 1. The van der Waals surface area contributed by atoms with Gasteiger partial charge < -0.3 is 15.5 Å². The highest BCUT2D eigenvalue weighted by Gasteiger charge is 2.50. The molecule has 3 fully saturated rings. The Kier molecular flexibility index (Phi) is 6.60. The van der Waals surface area contributed by atoms with E-state index in [4.69, 9.17) is 0 Å². The summed E-state index contributed by atoms with van der Waals surface area (Å²) in [6, 6.07) is 8.39. The van der Waals surface area contributed by atoms with Gasteiger partial charge in [-0.1, -0.05) is 51.9 Å². The van der Waals surface area contributed by atoms with Crippen molar-refractivity contribution in [3.8, 4) is 0 Å². The molecule has 0 radical (unpaired) electrons. The third kappa shape index (κ3) is 4.48. The summed E-state index contributed by atoms with van der Waals surface area (Å²) >= 11 is 0. The lowest BCUT2D eigenvalue weighted by molar-refractivity contribution is 0.0188. The van der Waals surface area contributed by atoms with Crippen molar-refractivity contribution < 1.29 is 4.79 Å². The number of rotatable bonds is 5. The normalized spacial score (nSPS) is 30.4. The molecular weight excluding hydrogens is 370 g/mol. The van der Waals surface area contributed by atoms with Gasteiger partial charge in [0.2, 0.25) is 0 Å². The number of hydrogen-bond donors (Lipinski definition) is 2. The zero-order valence-electron chi connectivity index (χ0n) is 19.3. The minimum Gasteiger partial charge on any atom is -0.378 e. The molecule has 4 heteroatoms. The highest BCUT2D eigenvalue weighted by Crippen LogP contribution is 2.53. The number of urea groups is 1. The van der Waals surface area contributed by atoms with Gasteiger partial charge in [-0.15, -0.1) is 0 Å². The molecule has 3 aliphatic carbocycles. The predicted molar refractivity (Wildman–Crippen MR) is 126 cm³/mol. The Hall–Kier alpha value is -1.71. The molecule has 1 aromatic rings. The summed E-state index contributed by atoms with van der Waals surface area (Å²) in [7, 11) is 4.07. The smallest absolute Gasteiger partial charge is 0.319 e. The van der Waals surface area contributed by atoms with Crippen LogP contribution in [-0.4, -0.2) is 26.2 Å². The van der Waals surface area contributed by atoms with Crippen LogP contribution in [0.4, 0.5) is 16.2 Å². The first-order valence-electron chi connectivity index (χ1n) is 12.3. The lowest BCUT2D eigenvalue weighted by Gasteiger charge is -2.51. The second-order valence-electron chi connectivity index (χ2n) is 10.6. The largest absolute Gasteiger partial charge is 0.378 e. The van der Waals surface area contributed by atoms with Gasteiger partial charge in [0.25, 0.3) is 0 Å². The van der Waals surface area contributed by atoms with Crippen molar-refractivity contribution in [3.63, 3.8) is 0 Å². The monoisotopic (exact) mass is 411 g/mol. The van der Waals surface area contributed by atoms with Gasteiger partial charge in [0.1, 0.15) is 0 Å². The summed E-state index contributed by atoms with van der Waals surface area (Å²) in [5, 5.41) is 6.67. The summed E-state index contributed by atoms with van der Waals surface area (Å²) < 4.78 is 0. The van der Waals surface area contributed by atoms with E-state index >= 15 is 0 Å². The molecule has 4 rings (SSSR count). The Labute approximate surface area is 183 Å². The van der Waals surface area contributed by atoms with Crippen molar-refractivity contribution in [1.82, 2.24) is 5.32 Å². The van der Waals surface area contributed by atoms with Crippen molar-refractivity contribution in [1.29, 1.82) is 0 Å². The van der Waals surface area contributed by atoms with E-state index in [9.17, 15) is 4.79 Å². The SMILES string of the molecule is CN(C)c1ccc(NC(=O)N[C@H]2[C@H](C3CCCC3)CCCC2(C)C2CCCC2)cc1. The maximum absolute atomic E-state index is 13.1. The minimum absolute atomic E-state index is 0.0216. The first-order valence-corrected chi connectivity index (χ1v) is 12.3. The Bertz CT molecular complexity index is 703. The second-order valence-corrected chi connectivity index (χ2v) is 10.6. The highest BCUT2D eigenvalue weighted by molar-refractivity contribution is 5.89. The summed E-state index contributed by atoms with van der Waals surface area (Å²) in [4.78, 5) is 15.2. The lowest BCUT2D eigenvalue weighted by atomic mass is 9.57. The van der Waals surface area contributed by atoms with Gasteiger partial charge in [0.15, 0.2) is 0 Å². The molecule has 0 saturated heterocycles. The Morgan fingerprint density at radius 3 is 2.20 bits per heavy atom. The van der Waals surface area contributed by atoms with E-state index in [1.165, 1.54) is 70.6 Å². The predicted octanol–water partition coefficient (Wildman–Crippen LogP) is 6.43. The quantitative estimate of drug-likeness (QED) is 0.586. The summed E-state index contributed by atoms with van der Waals surface area (Å²) in [5.41, 5.74) is 2.26. The number of anilines is 2. The number of nitrogens with zero attached hydrogens (tertiary/aromatic N) is 1. The van der Waals surface area contributed by atoms with E-state index < -0.39 is 0 Å². The van der Waals surface area contributed by atoms with Gasteiger partial charge in [-0.05, 0) is 73.1 Å². The van der Waals surface area contributed by atoms with E-state index in [2.05, 4.69) is 34.6 Å². The number of hydrogen-bond acceptors (Lipinski definition) is 2. The van der Waals surface area contributed by atoms with Crippen LogP contribution in [-0.2, 0) is 0 Å². The number of nitrogens with one attached hydrogen (secondary N) is 2. The number of carbonyl (C=O) groups excluding carboxylic acids is 1. The molecule has 1 aromatic carbocycles. The number of carbonyl (C=O) groups is 1. The molecule has 4 nitrogen and oxygen atoms in total. The second kappa shape index (κ2) is 9.20. The maximum atomic E-state index is 13.1. The van der Waals surface area contributed by atoms with Crippen LogP contribution in [0.2, 0.25) is 0 Å². The average Bonchev–Trinajstić information content (AvgIpc) is 3.44. The minimum atomic E-state index is -0.0216. The average molecular weight is 412 g/mol. The zero-order valence-corrected chi connectivity index (χ0v) is 19.3. The van der Waals surface area contributed by atoms with Gasteiger partial charge >= 0.3 is 6.03 Å². The van der Waals surface area contributed by atoms with Gasteiger partial charge in [-0.2, -0.15) is 0 Å². The molecule has 1 unspecified atom stereocenters. The van der Waals surface area contributed by atoms with Gasteiger partial charge in [-0.25, -0.2) is 4.79 Å². The van der Waals surface area contributed by atoms with Crippen molar-refractivity contribution in [3.05, 3.63) is 24.3 Å². The third-order valence-corrected chi connectivity index (χ3v) is 8.61. The van der Waals surface area contributed by atoms with E-state index in [1.807, 2.05) is 26.2 Å². The van der Waals surface area contributed by atoms with Crippen LogP contribution in [0.1, 0.15) is 77.6 Å². The molecule has 2 amide bonds. The van der Waals surface area contributed by atoms with Crippen LogP contribution >= 0.6 is 0 Å². The molecular formula is C26H41N3O. The fourth-order valence-corrected chi connectivity index (χ4v) is 6.89. The Balaban J connectivity index is 1.50. The zero-order chi connectivity index (χ0) is 21.1. The maximum Gasteiger partial charge on any atom is 0.319 e. The van der Waals surface area contributed by atoms with Gasteiger partial charge in [-0.3, -0.25) is 0 Å². The highest BCUT2D eigenvalue weighted by atomic mass is 16.2. The fraction of sp³-hybridized carbons (Fsp3) is 0.731. The van der Waals surface area contributed by atoms with Crippen LogP contribution < -0.4 is 15.5 Å². The molecule has 0 aliphatic heterocycles. The Morgan fingerprint density at radius 1 is 0.933 bits per heavy atom. The van der Waals surface area contributed by atoms with Crippen molar-refractivity contribution in [2.24, 2.45) is 23.2 Å². The van der Waals surface area contributed by atoms with Crippen molar-refractivity contribution >= 4 is 17.4 Å². The topological polar surface area (TPSA) is 44.4 Å². The number of amides is 2. The van der Waals surface area contributed by atoms with Crippen LogP contribution in [0.3, 0.4) is 0 Å². The van der Waals surface area contributed by atoms with E-state index in [1.54, 1.807) is 0 Å². The molecule has 0 spiro atoms.